The van der Waals surface area contributed by atoms with Crippen molar-refractivity contribution < 1.29 is 27.8 Å². The van der Waals surface area contributed by atoms with Crippen molar-refractivity contribution in [1.82, 2.24) is 4.98 Å². The normalized spacial score (nSPS) is 22.2. The maximum Gasteiger partial charge on any atom is 0.437 e. The summed E-state index contributed by atoms with van der Waals surface area (Å²) >= 11 is 0. The molecule has 0 radical (unpaired) electrons. The molecular weight excluding hydrogens is 311 g/mol. The number of nitrogens with zero attached hydrogens (tertiary/aromatic N) is 1. The molecule has 2 rings (SSSR count). The van der Waals surface area contributed by atoms with E-state index in [1.807, 2.05) is 0 Å². The zero-order chi connectivity index (χ0) is 17.2. The summed E-state index contributed by atoms with van der Waals surface area (Å²) in [5.41, 5.74) is -0.696. The molecule has 23 heavy (non-hydrogen) atoms. The van der Waals surface area contributed by atoms with E-state index in [1.165, 1.54) is 12.1 Å². The molecule has 128 valence electrons. The zero-order valence-corrected chi connectivity index (χ0v) is 13.1. The Morgan fingerprint density at radius 3 is 2.61 bits per heavy atom. The first-order valence-electron chi connectivity index (χ1n) is 7.66. The van der Waals surface area contributed by atoms with E-state index >= 15 is 0 Å². The molecule has 1 aliphatic carbocycles. The Hall–Kier alpha value is -1.79. The van der Waals surface area contributed by atoms with E-state index in [0.29, 0.717) is 25.0 Å². The van der Waals surface area contributed by atoms with Gasteiger partial charge >= 0.3 is 12.1 Å². The van der Waals surface area contributed by atoms with Crippen LogP contribution >= 0.6 is 0 Å². The molecule has 4 nitrogen and oxygen atoms in total. The van der Waals surface area contributed by atoms with Crippen LogP contribution in [-0.4, -0.2) is 22.2 Å². The van der Waals surface area contributed by atoms with E-state index in [2.05, 4.69) is 4.98 Å². The van der Waals surface area contributed by atoms with Crippen LogP contribution < -0.4 is 4.74 Å². The number of aromatic nitrogens is 1. The smallest absolute Gasteiger partial charge is 0.437 e. The van der Waals surface area contributed by atoms with Crippen molar-refractivity contribution in [3.63, 3.8) is 0 Å². The third-order valence-corrected chi connectivity index (χ3v) is 4.01. The highest BCUT2D eigenvalue weighted by Crippen LogP contribution is 2.37. The summed E-state index contributed by atoms with van der Waals surface area (Å²) in [4.78, 5) is 14.7. The number of rotatable bonds is 4. The monoisotopic (exact) mass is 331 g/mol. The van der Waals surface area contributed by atoms with Gasteiger partial charge in [-0.05, 0) is 43.7 Å². The predicted molar refractivity (Wildman–Crippen MR) is 77.3 cm³/mol. The van der Waals surface area contributed by atoms with Crippen LogP contribution in [0.15, 0.2) is 12.1 Å². The molecule has 0 spiro atoms. The molecule has 1 aromatic heterocycles. The molecule has 7 heteroatoms. The van der Waals surface area contributed by atoms with Gasteiger partial charge in [-0.25, -0.2) is 4.98 Å². The van der Waals surface area contributed by atoms with Gasteiger partial charge in [0.2, 0.25) is 0 Å². The van der Waals surface area contributed by atoms with Crippen LogP contribution in [0.3, 0.4) is 0 Å². The Morgan fingerprint density at radius 1 is 1.35 bits per heavy atom. The van der Waals surface area contributed by atoms with Gasteiger partial charge in [0.15, 0.2) is 11.4 Å². The topological polar surface area (TPSA) is 59.4 Å². The SMILES string of the molecule is CC(C)c1ccc(O[C@H]2CCC[C@H](C(=O)O)C2)c(C(F)(F)F)n1. The molecule has 0 saturated heterocycles. The lowest BCUT2D eigenvalue weighted by molar-refractivity contribution is -0.146. The maximum atomic E-state index is 13.2. The highest BCUT2D eigenvalue weighted by atomic mass is 19.4. The summed E-state index contributed by atoms with van der Waals surface area (Å²) in [5.74, 6) is -1.94. The van der Waals surface area contributed by atoms with Crippen LogP contribution in [-0.2, 0) is 11.0 Å². The molecule has 2 atom stereocenters. The summed E-state index contributed by atoms with van der Waals surface area (Å²) in [6, 6.07) is 2.81. The third kappa shape index (κ3) is 4.36. The molecule has 0 bridgehead atoms. The van der Waals surface area contributed by atoms with Gasteiger partial charge in [0, 0.05) is 5.69 Å². The fraction of sp³-hybridized carbons (Fsp3) is 0.625. The van der Waals surface area contributed by atoms with Crippen molar-refractivity contribution in [2.45, 2.75) is 57.7 Å². The lowest BCUT2D eigenvalue weighted by Gasteiger charge is -2.28. The Labute approximate surface area is 132 Å². The van der Waals surface area contributed by atoms with E-state index in [9.17, 15) is 18.0 Å². The number of ether oxygens (including phenoxy) is 1. The molecule has 0 aliphatic heterocycles. The van der Waals surface area contributed by atoms with Gasteiger partial charge in [-0.3, -0.25) is 4.79 Å². The number of aliphatic carboxylic acids is 1. The third-order valence-electron chi connectivity index (χ3n) is 4.01. The van der Waals surface area contributed by atoms with Gasteiger partial charge in [-0.15, -0.1) is 0 Å². The Kier molecular flexibility index (Phi) is 5.16. The number of alkyl halides is 3. The first-order valence-corrected chi connectivity index (χ1v) is 7.66. The zero-order valence-electron chi connectivity index (χ0n) is 13.1. The predicted octanol–water partition coefficient (Wildman–Crippen LogP) is 4.25. The number of carbonyl (C=O) groups is 1. The first-order chi connectivity index (χ1) is 10.7. The summed E-state index contributed by atoms with van der Waals surface area (Å²) in [7, 11) is 0. The molecule has 1 aromatic rings. The minimum Gasteiger partial charge on any atom is -0.488 e. The van der Waals surface area contributed by atoms with Crippen LogP contribution in [0.1, 0.15) is 56.8 Å². The fourth-order valence-electron chi connectivity index (χ4n) is 2.74. The van der Waals surface area contributed by atoms with E-state index in [4.69, 9.17) is 9.84 Å². The van der Waals surface area contributed by atoms with Gasteiger partial charge in [0.25, 0.3) is 0 Å². The number of carboxylic acids is 1. The van der Waals surface area contributed by atoms with Gasteiger partial charge in [0.05, 0.1) is 12.0 Å². The van der Waals surface area contributed by atoms with E-state index in [-0.39, 0.29) is 18.1 Å². The van der Waals surface area contributed by atoms with E-state index in [1.54, 1.807) is 13.8 Å². The van der Waals surface area contributed by atoms with Crippen molar-refractivity contribution in [1.29, 1.82) is 0 Å². The molecule has 1 heterocycles. The highest BCUT2D eigenvalue weighted by Gasteiger charge is 2.38. The molecular formula is C16H20F3NO3. The molecule has 1 fully saturated rings. The Bertz CT molecular complexity index is 572. The molecule has 1 aliphatic rings. The Balaban J connectivity index is 2.23. The second-order valence-corrected chi connectivity index (χ2v) is 6.18. The van der Waals surface area contributed by atoms with Crippen LogP contribution in [0.25, 0.3) is 0 Å². The molecule has 0 aromatic carbocycles. The first kappa shape index (κ1) is 17.6. The largest absolute Gasteiger partial charge is 0.488 e. The second kappa shape index (κ2) is 6.76. The average Bonchev–Trinajstić information content (AvgIpc) is 2.46. The van der Waals surface area contributed by atoms with Crippen molar-refractivity contribution >= 4 is 5.97 Å². The van der Waals surface area contributed by atoms with Gasteiger partial charge in [-0.2, -0.15) is 13.2 Å². The molecule has 0 amide bonds. The van der Waals surface area contributed by atoms with E-state index < -0.39 is 29.9 Å². The average molecular weight is 331 g/mol. The van der Waals surface area contributed by atoms with Gasteiger partial charge in [0.1, 0.15) is 0 Å². The highest BCUT2D eigenvalue weighted by molar-refractivity contribution is 5.70. The number of carboxylic acid groups (broad SMARTS) is 1. The van der Waals surface area contributed by atoms with Crippen molar-refractivity contribution in [3.05, 3.63) is 23.5 Å². The van der Waals surface area contributed by atoms with Crippen LogP contribution in [0.2, 0.25) is 0 Å². The van der Waals surface area contributed by atoms with Crippen molar-refractivity contribution in [2.75, 3.05) is 0 Å². The van der Waals surface area contributed by atoms with Crippen LogP contribution in [0.4, 0.5) is 13.2 Å². The van der Waals surface area contributed by atoms with Gasteiger partial charge in [-0.1, -0.05) is 13.8 Å². The number of hydrogen-bond donors (Lipinski definition) is 1. The fourth-order valence-corrected chi connectivity index (χ4v) is 2.74. The van der Waals surface area contributed by atoms with Crippen LogP contribution in [0, 0.1) is 5.92 Å². The van der Waals surface area contributed by atoms with Crippen molar-refractivity contribution in [3.8, 4) is 5.75 Å². The minimum atomic E-state index is -4.61. The molecule has 0 unspecified atom stereocenters. The number of hydrogen-bond acceptors (Lipinski definition) is 3. The molecule has 1 N–H and O–H groups in total. The maximum absolute atomic E-state index is 13.2. The summed E-state index contributed by atoms with van der Waals surface area (Å²) in [6.07, 6.45) is -3.21. The van der Waals surface area contributed by atoms with E-state index in [0.717, 1.165) is 0 Å². The van der Waals surface area contributed by atoms with Crippen molar-refractivity contribution in [2.24, 2.45) is 5.92 Å². The standard InChI is InChI=1S/C16H20F3NO3/c1-9(2)12-6-7-13(14(20-12)16(17,18)19)23-11-5-3-4-10(8-11)15(21)22/h6-7,9-11H,3-5,8H2,1-2H3,(H,21,22)/t10-,11-/m0/s1. The lowest BCUT2D eigenvalue weighted by Crippen LogP contribution is -2.30. The molecule has 1 saturated carbocycles. The summed E-state index contributed by atoms with van der Waals surface area (Å²) in [6.45, 7) is 3.53. The second-order valence-electron chi connectivity index (χ2n) is 6.18. The number of halogens is 3. The lowest BCUT2D eigenvalue weighted by atomic mass is 9.87. The van der Waals surface area contributed by atoms with Gasteiger partial charge < -0.3 is 9.84 Å². The summed E-state index contributed by atoms with van der Waals surface area (Å²) < 4.78 is 45.1. The number of pyridine rings is 1. The minimum absolute atomic E-state index is 0.128. The summed E-state index contributed by atoms with van der Waals surface area (Å²) in [5, 5.41) is 9.06. The quantitative estimate of drug-likeness (QED) is 0.896. The van der Waals surface area contributed by atoms with Crippen LogP contribution in [0.5, 0.6) is 5.75 Å². The Morgan fingerprint density at radius 2 is 2.04 bits per heavy atom.